The number of hydrogen-bond donors (Lipinski definition) is 0. The first-order valence-electron chi connectivity index (χ1n) is 11.5. The molecule has 0 amide bonds. The Hall–Kier alpha value is -2.54. The van der Waals surface area contributed by atoms with Crippen LogP contribution in [-0.4, -0.2) is 0 Å². The molecule has 0 aliphatic heterocycles. The first kappa shape index (κ1) is 12.8. The van der Waals surface area contributed by atoms with Crippen LogP contribution in [0.15, 0.2) is 96.9 Å². The maximum absolute atomic E-state index is 8.62. The van der Waals surface area contributed by atoms with E-state index in [9.17, 15) is 0 Å². The van der Waals surface area contributed by atoms with Crippen molar-refractivity contribution in [3.63, 3.8) is 0 Å². The number of fused-ring (bicyclic) bond motifs is 2. The molecule has 0 radical (unpaired) electrons. The summed E-state index contributed by atoms with van der Waals surface area (Å²) < 4.78 is 41.7. The number of benzene rings is 4. The van der Waals surface area contributed by atoms with Crippen molar-refractivity contribution < 1.29 is 6.85 Å². The van der Waals surface area contributed by atoms with Crippen molar-refractivity contribution in [1.29, 1.82) is 0 Å². The Morgan fingerprint density at radius 3 is 1.46 bits per heavy atom. The Kier molecular flexibility index (Phi) is 3.27. The van der Waals surface area contributed by atoms with Crippen LogP contribution in [0.2, 0.25) is 10.0 Å². The molecule has 0 nitrogen and oxygen atoms in total. The summed E-state index contributed by atoms with van der Waals surface area (Å²) in [4.78, 5) is 0. The third-order valence-corrected chi connectivity index (χ3v) is 5.70. The van der Waals surface area contributed by atoms with Crippen LogP contribution in [0.3, 0.4) is 0 Å². The van der Waals surface area contributed by atoms with Crippen molar-refractivity contribution in [1.82, 2.24) is 0 Å². The smallest absolute Gasteiger partial charge is 0.0626 e. The third kappa shape index (κ3) is 2.94. The van der Waals surface area contributed by atoms with E-state index in [1.54, 1.807) is 6.07 Å². The SMILES string of the molecule is [2H]c1c([2H])c([2H])c(C2c3ccccc3C(c3cc(Cl)cc(Cl)c3)c3ccccc32)c([2H])c1[2H]. The zero-order valence-electron chi connectivity index (χ0n) is 19.8. The molecule has 4 aromatic rings. The van der Waals surface area contributed by atoms with Gasteiger partial charge >= 0.3 is 0 Å². The van der Waals surface area contributed by atoms with E-state index in [1.807, 2.05) is 60.7 Å². The van der Waals surface area contributed by atoms with Crippen LogP contribution in [0, 0.1) is 0 Å². The molecule has 1 aliphatic carbocycles. The predicted molar refractivity (Wildman–Crippen MR) is 118 cm³/mol. The largest absolute Gasteiger partial charge is 0.0843 e. The van der Waals surface area contributed by atoms with Gasteiger partial charge < -0.3 is 0 Å². The number of hydrogen-bond acceptors (Lipinski definition) is 0. The summed E-state index contributed by atoms with van der Waals surface area (Å²) in [5.74, 6) is -0.660. The first-order valence-corrected chi connectivity index (χ1v) is 9.75. The van der Waals surface area contributed by atoms with Crippen molar-refractivity contribution in [3.05, 3.63) is 140 Å². The van der Waals surface area contributed by atoms with Gasteiger partial charge in [-0.2, -0.15) is 0 Å². The molecule has 5 rings (SSSR count). The van der Waals surface area contributed by atoms with Gasteiger partial charge in [0.05, 0.1) is 6.85 Å². The van der Waals surface area contributed by atoms with E-state index in [0.29, 0.717) is 10.0 Å². The maximum Gasteiger partial charge on any atom is 0.0626 e. The molecule has 2 heteroatoms. The van der Waals surface area contributed by atoms with Gasteiger partial charge in [0.2, 0.25) is 0 Å². The van der Waals surface area contributed by atoms with Crippen LogP contribution in [-0.2, 0) is 0 Å². The van der Waals surface area contributed by atoms with Gasteiger partial charge in [0.15, 0.2) is 0 Å². The molecule has 28 heavy (non-hydrogen) atoms. The van der Waals surface area contributed by atoms with Gasteiger partial charge in [-0.1, -0.05) is 102 Å². The molecule has 0 aromatic heterocycles. The van der Waals surface area contributed by atoms with Crippen molar-refractivity contribution in [2.45, 2.75) is 11.8 Å². The van der Waals surface area contributed by atoms with Crippen LogP contribution in [0.25, 0.3) is 0 Å². The minimum atomic E-state index is -0.503. The van der Waals surface area contributed by atoms with Crippen LogP contribution < -0.4 is 0 Å². The first-order chi connectivity index (χ1) is 15.8. The second-order valence-corrected chi connectivity index (χ2v) is 7.74. The highest BCUT2D eigenvalue weighted by Crippen LogP contribution is 2.49. The van der Waals surface area contributed by atoms with E-state index in [4.69, 9.17) is 30.1 Å². The van der Waals surface area contributed by atoms with Gasteiger partial charge in [-0.25, -0.2) is 0 Å². The summed E-state index contributed by atoms with van der Waals surface area (Å²) in [6, 6.07) is 19.8. The van der Waals surface area contributed by atoms with Gasteiger partial charge in [0.1, 0.15) is 0 Å². The summed E-state index contributed by atoms with van der Waals surface area (Å²) in [5, 5.41) is 1.08. The van der Waals surface area contributed by atoms with Gasteiger partial charge in [-0.15, -0.1) is 0 Å². The fourth-order valence-electron chi connectivity index (χ4n) is 4.22. The fourth-order valence-corrected chi connectivity index (χ4v) is 4.77. The monoisotopic (exact) mass is 405 g/mol. The molecular formula is C26H18Cl2. The van der Waals surface area contributed by atoms with Crippen LogP contribution in [0.5, 0.6) is 0 Å². The highest BCUT2D eigenvalue weighted by molar-refractivity contribution is 6.34. The van der Waals surface area contributed by atoms with Crippen LogP contribution in [0.4, 0.5) is 0 Å². The molecule has 0 bridgehead atoms. The lowest BCUT2D eigenvalue weighted by Crippen LogP contribution is -2.20. The molecule has 0 saturated heterocycles. The zero-order valence-corrected chi connectivity index (χ0v) is 16.3. The summed E-state index contributed by atoms with van der Waals surface area (Å²) in [5.41, 5.74) is 5.00. The molecule has 1 aliphatic rings. The van der Waals surface area contributed by atoms with Crippen LogP contribution in [0.1, 0.15) is 52.1 Å². The molecule has 0 heterocycles. The van der Waals surface area contributed by atoms with E-state index in [0.717, 1.165) is 27.8 Å². The Labute approximate surface area is 182 Å². The van der Waals surface area contributed by atoms with E-state index >= 15 is 0 Å². The Morgan fingerprint density at radius 1 is 0.571 bits per heavy atom. The maximum atomic E-state index is 8.62. The van der Waals surface area contributed by atoms with Gasteiger partial charge in [0, 0.05) is 21.9 Å². The number of halogens is 2. The summed E-state index contributed by atoms with van der Waals surface area (Å²) in [6.07, 6.45) is 0. The summed E-state index contributed by atoms with van der Waals surface area (Å²) >= 11 is 12.7. The van der Waals surface area contributed by atoms with E-state index in [1.165, 1.54) is 0 Å². The zero-order chi connectivity index (χ0) is 23.4. The lowest BCUT2D eigenvalue weighted by molar-refractivity contribution is 0.822. The minimum absolute atomic E-state index is 0.158. The molecule has 4 aromatic carbocycles. The molecule has 0 unspecified atom stereocenters. The fraction of sp³-hybridized carbons (Fsp3) is 0.0769. The Bertz CT molecular complexity index is 1320. The lowest BCUT2D eigenvalue weighted by atomic mass is 9.68. The normalized spacial score (nSPS) is 20.1. The molecule has 0 atom stereocenters. The van der Waals surface area contributed by atoms with Crippen molar-refractivity contribution in [2.24, 2.45) is 0 Å². The van der Waals surface area contributed by atoms with E-state index in [-0.39, 0.29) is 35.7 Å². The van der Waals surface area contributed by atoms with E-state index < -0.39 is 12.0 Å². The average molecular weight is 406 g/mol. The minimum Gasteiger partial charge on any atom is -0.0843 e. The van der Waals surface area contributed by atoms with Crippen molar-refractivity contribution in [3.8, 4) is 0 Å². The third-order valence-electron chi connectivity index (χ3n) is 5.26. The summed E-state index contributed by atoms with van der Waals surface area (Å²) in [6.45, 7) is 0. The average Bonchev–Trinajstić information content (AvgIpc) is 2.80. The van der Waals surface area contributed by atoms with Crippen molar-refractivity contribution in [2.75, 3.05) is 0 Å². The Morgan fingerprint density at radius 2 is 1.00 bits per heavy atom. The van der Waals surface area contributed by atoms with Crippen molar-refractivity contribution >= 4 is 23.2 Å². The number of rotatable bonds is 2. The molecular weight excluding hydrogens is 383 g/mol. The summed E-state index contributed by atoms with van der Waals surface area (Å²) in [7, 11) is 0. The topological polar surface area (TPSA) is 0 Å². The van der Waals surface area contributed by atoms with E-state index in [2.05, 4.69) is 0 Å². The molecule has 0 fully saturated rings. The van der Waals surface area contributed by atoms with Crippen LogP contribution >= 0.6 is 23.2 Å². The van der Waals surface area contributed by atoms with Gasteiger partial charge in [-0.3, -0.25) is 0 Å². The lowest BCUT2D eigenvalue weighted by Gasteiger charge is -2.35. The van der Waals surface area contributed by atoms with Gasteiger partial charge in [-0.05, 0) is 51.6 Å². The van der Waals surface area contributed by atoms with Gasteiger partial charge in [0.25, 0.3) is 0 Å². The second-order valence-electron chi connectivity index (χ2n) is 6.87. The molecule has 0 spiro atoms. The molecule has 136 valence electrons. The second kappa shape index (κ2) is 7.13. The molecule has 0 N–H and O–H groups in total. The highest BCUT2D eigenvalue weighted by Gasteiger charge is 2.33. The Balaban J connectivity index is 1.85. The highest BCUT2D eigenvalue weighted by atomic mass is 35.5. The molecule has 0 saturated carbocycles. The standard InChI is InChI=1S/C26H18Cl2/c27-19-14-18(15-20(28)16-19)26-23-12-6-4-10-21(23)25(17-8-2-1-3-9-17)22-11-5-7-13-24(22)26/h1-16,25-26H/i1D,2D,3D,8D,9D. The quantitative estimate of drug-likeness (QED) is 0.282. The predicted octanol–water partition coefficient (Wildman–Crippen LogP) is 7.67.